The molecule has 4 rings (SSSR count). The van der Waals surface area contributed by atoms with Crippen LogP contribution in [-0.4, -0.2) is 39.3 Å². The highest BCUT2D eigenvalue weighted by Gasteiger charge is 2.36. The first-order valence-corrected chi connectivity index (χ1v) is 7.66. The fourth-order valence-electron chi connectivity index (χ4n) is 3.93. The van der Waals surface area contributed by atoms with Crippen LogP contribution < -0.4 is 10.2 Å². The SMILES string of the molecule is CCN(c1nccn2nccc12)C1CC2CCC(C1)N2. The minimum absolute atomic E-state index is 0.604. The fraction of sp³-hybridized carbons (Fsp3) is 0.600. The summed E-state index contributed by atoms with van der Waals surface area (Å²) in [5, 5.41) is 8.04. The Labute approximate surface area is 119 Å². The van der Waals surface area contributed by atoms with E-state index in [-0.39, 0.29) is 0 Å². The maximum absolute atomic E-state index is 4.64. The number of anilines is 1. The first kappa shape index (κ1) is 12.1. The Morgan fingerprint density at radius 1 is 1.30 bits per heavy atom. The molecule has 2 atom stereocenters. The molecule has 0 aromatic carbocycles. The molecule has 2 saturated heterocycles. The molecule has 2 aliphatic heterocycles. The molecule has 106 valence electrons. The van der Waals surface area contributed by atoms with Crippen molar-refractivity contribution in [2.24, 2.45) is 0 Å². The smallest absolute Gasteiger partial charge is 0.154 e. The average molecular weight is 271 g/mol. The second kappa shape index (κ2) is 4.74. The van der Waals surface area contributed by atoms with Gasteiger partial charge in [-0.2, -0.15) is 5.10 Å². The Hall–Kier alpha value is -1.62. The van der Waals surface area contributed by atoms with E-state index in [9.17, 15) is 0 Å². The van der Waals surface area contributed by atoms with Gasteiger partial charge in [-0.1, -0.05) is 0 Å². The van der Waals surface area contributed by atoms with Gasteiger partial charge in [-0.3, -0.25) is 0 Å². The number of fused-ring (bicyclic) bond motifs is 3. The Morgan fingerprint density at radius 2 is 2.10 bits per heavy atom. The standard InChI is InChI=1S/C15H21N5/c1-2-19(13-9-11-3-4-12(10-13)18-11)15-14-5-6-17-20(14)8-7-16-15/h5-8,11-13,18H,2-4,9-10H2,1H3. The van der Waals surface area contributed by atoms with E-state index in [1.165, 1.54) is 25.7 Å². The van der Waals surface area contributed by atoms with Crippen LogP contribution in [0.5, 0.6) is 0 Å². The zero-order chi connectivity index (χ0) is 13.5. The minimum atomic E-state index is 0.604. The zero-order valence-electron chi connectivity index (χ0n) is 11.9. The third-order valence-corrected chi connectivity index (χ3v) is 4.81. The zero-order valence-corrected chi connectivity index (χ0v) is 11.9. The van der Waals surface area contributed by atoms with E-state index in [0.717, 1.165) is 17.9 Å². The Kier molecular flexibility index (Phi) is 2.88. The molecule has 0 amide bonds. The van der Waals surface area contributed by atoms with Crippen LogP contribution in [-0.2, 0) is 0 Å². The van der Waals surface area contributed by atoms with Crippen molar-refractivity contribution in [3.63, 3.8) is 0 Å². The molecule has 0 radical (unpaired) electrons. The van der Waals surface area contributed by atoms with E-state index in [2.05, 4.69) is 33.3 Å². The number of aromatic nitrogens is 3. The summed E-state index contributed by atoms with van der Waals surface area (Å²) in [7, 11) is 0. The van der Waals surface area contributed by atoms with E-state index in [1.54, 1.807) is 0 Å². The number of rotatable bonds is 3. The van der Waals surface area contributed by atoms with E-state index in [4.69, 9.17) is 0 Å². The van der Waals surface area contributed by atoms with Gasteiger partial charge in [-0.25, -0.2) is 9.50 Å². The molecule has 2 bridgehead atoms. The van der Waals surface area contributed by atoms with Gasteiger partial charge < -0.3 is 10.2 Å². The first-order valence-electron chi connectivity index (χ1n) is 7.66. The van der Waals surface area contributed by atoms with E-state index < -0.39 is 0 Å². The fourth-order valence-corrected chi connectivity index (χ4v) is 3.93. The molecule has 2 unspecified atom stereocenters. The lowest BCUT2D eigenvalue weighted by atomic mass is 9.98. The first-order chi connectivity index (χ1) is 9.85. The van der Waals surface area contributed by atoms with Crippen molar-refractivity contribution in [1.82, 2.24) is 19.9 Å². The summed E-state index contributed by atoms with van der Waals surface area (Å²) in [4.78, 5) is 7.12. The van der Waals surface area contributed by atoms with Crippen molar-refractivity contribution in [1.29, 1.82) is 0 Å². The summed E-state index contributed by atoms with van der Waals surface area (Å²) in [6.45, 7) is 3.23. The highest BCUT2D eigenvalue weighted by molar-refractivity contribution is 5.68. The van der Waals surface area contributed by atoms with Crippen LogP contribution >= 0.6 is 0 Å². The second-order valence-corrected chi connectivity index (χ2v) is 5.96. The lowest BCUT2D eigenvalue weighted by molar-refractivity contribution is 0.348. The predicted molar refractivity (Wildman–Crippen MR) is 79.0 cm³/mol. The van der Waals surface area contributed by atoms with E-state index in [1.807, 2.05) is 23.1 Å². The molecule has 0 saturated carbocycles. The Bertz CT molecular complexity index is 595. The molecule has 1 N–H and O–H groups in total. The van der Waals surface area contributed by atoms with Crippen LogP contribution in [0.1, 0.15) is 32.6 Å². The van der Waals surface area contributed by atoms with E-state index >= 15 is 0 Å². The van der Waals surface area contributed by atoms with Gasteiger partial charge in [0.25, 0.3) is 0 Å². The molecular weight excluding hydrogens is 250 g/mol. The van der Waals surface area contributed by atoms with Crippen LogP contribution in [0.2, 0.25) is 0 Å². The molecular formula is C15H21N5. The van der Waals surface area contributed by atoms with Crippen molar-refractivity contribution in [2.45, 2.75) is 50.7 Å². The lowest BCUT2D eigenvalue weighted by Gasteiger charge is -2.38. The summed E-state index contributed by atoms with van der Waals surface area (Å²) >= 11 is 0. The van der Waals surface area contributed by atoms with Gasteiger partial charge in [0.2, 0.25) is 0 Å². The maximum atomic E-state index is 4.64. The molecule has 2 aromatic rings. The van der Waals surface area contributed by atoms with Gasteiger partial charge >= 0.3 is 0 Å². The summed E-state index contributed by atoms with van der Waals surface area (Å²) in [5.41, 5.74) is 1.11. The number of hydrogen-bond acceptors (Lipinski definition) is 4. The second-order valence-electron chi connectivity index (χ2n) is 5.96. The van der Waals surface area contributed by atoms with Crippen LogP contribution in [0.15, 0.2) is 24.7 Å². The van der Waals surface area contributed by atoms with Crippen molar-refractivity contribution >= 4 is 11.3 Å². The quantitative estimate of drug-likeness (QED) is 0.925. The molecule has 20 heavy (non-hydrogen) atoms. The highest BCUT2D eigenvalue weighted by atomic mass is 15.3. The van der Waals surface area contributed by atoms with Crippen molar-refractivity contribution in [2.75, 3.05) is 11.4 Å². The Balaban J connectivity index is 1.69. The van der Waals surface area contributed by atoms with Gasteiger partial charge in [0.05, 0.1) is 6.20 Å². The van der Waals surface area contributed by atoms with Crippen molar-refractivity contribution in [3.05, 3.63) is 24.7 Å². The average Bonchev–Trinajstić information content (AvgIpc) is 3.07. The van der Waals surface area contributed by atoms with Gasteiger partial charge in [-0.05, 0) is 38.7 Å². The largest absolute Gasteiger partial charge is 0.352 e. The molecule has 4 heterocycles. The molecule has 5 heteroatoms. The number of hydrogen-bond donors (Lipinski definition) is 1. The van der Waals surface area contributed by atoms with Crippen LogP contribution in [0.4, 0.5) is 5.82 Å². The molecule has 0 spiro atoms. The highest BCUT2D eigenvalue weighted by Crippen LogP contribution is 2.32. The van der Waals surface area contributed by atoms with Gasteiger partial charge in [0.1, 0.15) is 5.52 Å². The number of piperidine rings is 1. The minimum Gasteiger partial charge on any atom is -0.352 e. The summed E-state index contributed by atoms with van der Waals surface area (Å²) < 4.78 is 1.92. The topological polar surface area (TPSA) is 45.5 Å². The summed E-state index contributed by atoms with van der Waals surface area (Å²) in [6, 6.07) is 4.07. The third kappa shape index (κ3) is 1.88. The predicted octanol–water partition coefficient (Wildman–Crippen LogP) is 1.84. The van der Waals surface area contributed by atoms with Crippen molar-refractivity contribution in [3.8, 4) is 0 Å². The van der Waals surface area contributed by atoms with Crippen LogP contribution in [0, 0.1) is 0 Å². The monoisotopic (exact) mass is 271 g/mol. The Morgan fingerprint density at radius 3 is 2.85 bits per heavy atom. The molecule has 2 aromatic heterocycles. The molecule has 2 fully saturated rings. The van der Waals surface area contributed by atoms with Crippen molar-refractivity contribution < 1.29 is 0 Å². The summed E-state index contributed by atoms with van der Waals surface area (Å²) in [5.74, 6) is 1.08. The number of nitrogens with zero attached hydrogens (tertiary/aromatic N) is 4. The molecule has 0 aliphatic carbocycles. The number of nitrogens with one attached hydrogen (secondary N) is 1. The van der Waals surface area contributed by atoms with Crippen LogP contribution in [0.25, 0.3) is 5.52 Å². The third-order valence-electron chi connectivity index (χ3n) is 4.81. The lowest BCUT2D eigenvalue weighted by Crippen LogP contribution is -2.48. The molecule has 5 nitrogen and oxygen atoms in total. The van der Waals surface area contributed by atoms with Gasteiger partial charge in [0.15, 0.2) is 5.82 Å². The van der Waals surface area contributed by atoms with Gasteiger partial charge in [0, 0.05) is 37.1 Å². The maximum Gasteiger partial charge on any atom is 0.154 e. The molecule has 2 aliphatic rings. The normalized spacial score (nSPS) is 28.9. The van der Waals surface area contributed by atoms with Crippen LogP contribution in [0.3, 0.4) is 0 Å². The van der Waals surface area contributed by atoms with Gasteiger partial charge in [-0.15, -0.1) is 0 Å². The van der Waals surface area contributed by atoms with E-state index in [0.29, 0.717) is 18.1 Å². The summed E-state index contributed by atoms with van der Waals surface area (Å²) in [6.07, 6.45) is 10.8.